The molecule has 2 rings (SSSR count). The molecule has 1 aromatic heterocycles. The molecule has 1 aliphatic heterocycles. The summed E-state index contributed by atoms with van der Waals surface area (Å²) in [5, 5.41) is 18.9. The zero-order chi connectivity index (χ0) is 15.8. The van der Waals surface area contributed by atoms with Crippen molar-refractivity contribution in [1.29, 1.82) is 0 Å². The van der Waals surface area contributed by atoms with E-state index in [1.165, 1.54) is 12.3 Å². The van der Waals surface area contributed by atoms with Crippen LogP contribution in [0.3, 0.4) is 0 Å². The highest BCUT2D eigenvalue weighted by molar-refractivity contribution is 7.46. The lowest BCUT2D eigenvalue weighted by molar-refractivity contribution is -0.0543. The van der Waals surface area contributed by atoms with Crippen LogP contribution in [-0.4, -0.2) is 54.5 Å². The van der Waals surface area contributed by atoms with Crippen LogP contribution >= 0.6 is 7.82 Å². The van der Waals surface area contributed by atoms with Crippen LogP contribution in [0.1, 0.15) is 6.23 Å². The topological polar surface area (TPSA) is 177 Å². The van der Waals surface area contributed by atoms with Gasteiger partial charge in [-0.1, -0.05) is 0 Å². The van der Waals surface area contributed by atoms with Gasteiger partial charge < -0.3 is 30.5 Å². The monoisotopic (exact) mass is 323 g/mol. The maximum absolute atomic E-state index is 11.7. The van der Waals surface area contributed by atoms with Crippen molar-refractivity contribution < 1.29 is 33.8 Å². The lowest BCUT2D eigenvalue weighted by Gasteiger charge is -2.22. The number of aromatic nitrogens is 2. The van der Waals surface area contributed by atoms with E-state index >= 15 is 0 Å². The fourth-order valence-electron chi connectivity index (χ4n) is 1.98. The first-order chi connectivity index (χ1) is 9.73. The number of nitrogen functional groups attached to an aromatic ring is 1. The van der Waals surface area contributed by atoms with Gasteiger partial charge in [0.1, 0.15) is 24.1 Å². The van der Waals surface area contributed by atoms with E-state index in [-0.39, 0.29) is 5.82 Å². The van der Waals surface area contributed by atoms with Crippen molar-refractivity contribution in [3.63, 3.8) is 0 Å². The Morgan fingerprint density at radius 1 is 1.52 bits per heavy atom. The first kappa shape index (κ1) is 16.0. The Hall–Kier alpha value is -1.33. The Morgan fingerprint density at radius 2 is 2.19 bits per heavy atom. The molecule has 0 aliphatic carbocycles. The zero-order valence-corrected chi connectivity index (χ0v) is 11.4. The first-order valence-corrected chi connectivity index (χ1v) is 7.29. The van der Waals surface area contributed by atoms with E-state index in [0.29, 0.717) is 0 Å². The summed E-state index contributed by atoms with van der Waals surface area (Å²) in [4.78, 5) is 32.9. The van der Waals surface area contributed by atoms with Crippen LogP contribution in [-0.2, 0) is 13.8 Å². The second-order valence-corrected chi connectivity index (χ2v) is 5.53. The van der Waals surface area contributed by atoms with E-state index in [0.717, 1.165) is 4.57 Å². The number of nitrogens with two attached hydrogens (primary N) is 1. The molecular weight excluding hydrogens is 309 g/mol. The molecule has 0 spiro atoms. The molecule has 1 fully saturated rings. The first-order valence-electron chi connectivity index (χ1n) is 5.76. The lowest BCUT2D eigenvalue weighted by Crippen LogP contribution is -2.37. The lowest BCUT2D eigenvalue weighted by atomic mass is 10.1. The average molecular weight is 323 g/mol. The van der Waals surface area contributed by atoms with Gasteiger partial charge in [-0.15, -0.1) is 0 Å². The molecule has 21 heavy (non-hydrogen) atoms. The van der Waals surface area contributed by atoms with Crippen LogP contribution in [0.5, 0.6) is 0 Å². The number of anilines is 1. The number of rotatable bonds is 4. The van der Waals surface area contributed by atoms with Crippen molar-refractivity contribution in [3.8, 4) is 0 Å². The van der Waals surface area contributed by atoms with Gasteiger partial charge in [-0.2, -0.15) is 4.98 Å². The summed E-state index contributed by atoms with van der Waals surface area (Å²) in [5.41, 5.74) is 4.48. The van der Waals surface area contributed by atoms with Crippen molar-refractivity contribution in [2.45, 2.75) is 24.5 Å². The largest absolute Gasteiger partial charge is 0.470 e. The normalized spacial score (nSPS) is 29.7. The fraction of sp³-hybridized carbons (Fsp3) is 0.556. The van der Waals surface area contributed by atoms with Crippen molar-refractivity contribution in [2.75, 3.05) is 12.3 Å². The molecule has 0 aromatic carbocycles. The van der Waals surface area contributed by atoms with Gasteiger partial charge in [-0.25, -0.2) is 9.36 Å². The van der Waals surface area contributed by atoms with Crippen LogP contribution < -0.4 is 11.4 Å². The van der Waals surface area contributed by atoms with Crippen LogP contribution in [0.15, 0.2) is 17.1 Å². The molecule has 1 saturated heterocycles. The molecule has 1 aliphatic rings. The van der Waals surface area contributed by atoms with E-state index in [1.807, 2.05) is 0 Å². The fourth-order valence-corrected chi connectivity index (χ4v) is 2.53. The maximum atomic E-state index is 11.7. The summed E-state index contributed by atoms with van der Waals surface area (Å²) in [6, 6.07) is 1.26. The van der Waals surface area contributed by atoms with Gasteiger partial charge in [-0.3, -0.25) is 9.09 Å². The summed E-state index contributed by atoms with van der Waals surface area (Å²) in [6.45, 7) is -0.629. The Bertz CT molecular complexity index is 615. The second-order valence-electron chi connectivity index (χ2n) is 4.34. The van der Waals surface area contributed by atoms with E-state index in [9.17, 15) is 14.5 Å². The van der Waals surface area contributed by atoms with Gasteiger partial charge in [0.25, 0.3) is 0 Å². The summed E-state index contributed by atoms with van der Waals surface area (Å²) in [6.07, 6.45) is -4.47. The predicted molar refractivity (Wildman–Crippen MR) is 66.8 cm³/mol. The van der Waals surface area contributed by atoms with Crippen molar-refractivity contribution in [3.05, 3.63) is 22.7 Å². The standard InChI is InChI=1S/C9H14N3O8P/c10-5-1-2-12(9(15)11-5)8-7(20-21(16,17)18)6(14)4(3-13)19-8/h1-2,4,6-8,13-14H,3H2,(H2,10,11,15)(H2,16,17,18)/t4-,6?,7?,8-/m1/s1. The van der Waals surface area contributed by atoms with E-state index < -0.39 is 44.7 Å². The number of aliphatic hydroxyl groups excluding tert-OH is 2. The Labute approximate surface area is 117 Å². The van der Waals surface area contributed by atoms with Crippen LogP contribution in [0.25, 0.3) is 0 Å². The number of phosphoric acid groups is 1. The minimum absolute atomic E-state index is 0.0547. The zero-order valence-electron chi connectivity index (χ0n) is 10.5. The molecule has 1 aromatic rings. The Balaban J connectivity index is 2.39. The van der Waals surface area contributed by atoms with Crippen molar-refractivity contribution >= 4 is 13.6 Å². The minimum Gasteiger partial charge on any atom is -0.394 e. The van der Waals surface area contributed by atoms with Crippen molar-refractivity contribution in [2.24, 2.45) is 0 Å². The van der Waals surface area contributed by atoms with Gasteiger partial charge in [0.15, 0.2) is 6.23 Å². The highest BCUT2D eigenvalue weighted by Gasteiger charge is 2.48. The quantitative estimate of drug-likeness (QED) is 0.374. The number of phosphoric ester groups is 1. The molecule has 2 heterocycles. The predicted octanol–water partition coefficient (Wildman–Crippen LogP) is -2.45. The molecule has 0 saturated carbocycles. The molecule has 12 heteroatoms. The third-order valence-electron chi connectivity index (χ3n) is 2.88. The number of aliphatic hydroxyl groups is 2. The highest BCUT2D eigenvalue weighted by Crippen LogP contribution is 2.44. The smallest absolute Gasteiger partial charge is 0.394 e. The van der Waals surface area contributed by atoms with E-state index in [2.05, 4.69) is 9.51 Å². The number of hydrogen-bond donors (Lipinski definition) is 5. The minimum atomic E-state index is -4.95. The molecule has 0 amide bonds. The Morgan fingerprint density at radius 3 is 2.71 bits per heavy atom. The molecule has 4 atom stereocenters. The van der Waals surface area contributed by atoms with Gasteiger partial charge in [-0.05, 0) is 6.07 Å². The summed E-state index contributed by atoms with van der Waals surface area (Å²) in [5.74, 6) is -0.0547. The van der Waals surface area contributed by atoms with Crippen LogP contribution in [0, 0.1) is 0 Å². The van der Waals surface area contributed by atoms with Crippen LogP contribution in [0.4, 0.5) is 5.82 Å². The summed E-state index contributed by atoms with van der Waals surface area (Å²) >= 11 is 0. The van der Waals surface area contributed by atoms with E-state index in [4.69, 9.17) is 25.4 Å². The van der Waals surface area contributed by atoms with Gasteiger partial charge in [0, 0.05) is 6.20 Å². The molecule has 6 N–H and O–H groups in total. The number of nitrogens with zero attached hydrogens (tertiary/aromatic N) is 2. The second kappa shape index (κ2) is 5.81. The average Bonchev–Trinajstić information content (AvgIpc) is 2.65. The molecule has 0 bridgehead atoms. The van der Waals surface area contributed by atoms with Gasteiger partial charge in [0.05, 0.1) is 6.61 Å². The maximum Gasteiger partial charge on any atom is 0.470 e. The molecule has 2 unspecified atom stereocenters. The number of ether oxygens (including phenoxy) is 1. The summed E-state index contributed by atoms with van der Waals surface area (Å²) in [7, 11) is -4.95. The van der Waals surface area contributed by atoms with E-state index in [1.54, 1.807) is 0 Å². The summed E-state index contributed by atoms with van der Waals surface area (Å²) < 4.78 is 21.5. The van der Waals surface area contributed by atoms with Crippen molar-refractivity contribution in [1.82, 2.24) is 9.55 Å². The van der Waals surface area contributed by atoms with Gasteiger partial charge in [0.2, 0.25) is 0 Å². The molecule has 0 radical (unpaired) electrons. The number of hydrogen-bond acceptors (Lipinski definition) is 8. The highest BCUT2D eigenvalue weighted by atomic mass is 31.2. The third kappa shape index (κ3) is 3.47. The Kier molecular flexibility index (Phi) is 4.44. The SMILES string of the molecule is Nc1ccn([C@@H]2O[C@H](CO)C(O)C2OP(=O)(O)O)c(=O)n1. The molecule has 118 valence electrons. The third-order valence-corrected chi connectivity index (χ3v) is 3.40. The molecule has 11 nitrogen and oxygen atoms in total. The van der Waals surface area contributed by atoms with Crippen LogP contribution in [0.2, 0.25) is 0 Å². The van der Waals surface area contributed by atoms with Gasteiger partial charge >= 0.3 is 13.5 Å². The molecular formula is C9H14N3O8P.